The Hall–Kier alpha value is -1.37. The number of hydrogen-bond donors (Lipinski definition) is 0. The molecule has 1 rings (SSSR count). The Bertz CT molecular complexity index is 373. The molecule has 0 spiro atoms. The van der Waals surface area contributed by atoms with Crippen LogP contribution in [-0.4, -0.2) is 4.98 Å². The molecule has 0 aliphatic carbocycles. The minimum Gasteiger partial charge on any atom is -0.256 e. The first-order valence-electron chi connectivity index (χ1n) is 5.44. The van der Waals surface area contributed by atoms with Crippen molar-refractivity contribution < 1.29 is 0 Å². The molecule has 0 aliphatic rings. The molecule has 0 unspecified atom stereocenters. The van der Waals surface area contributed by atoms with Gasteiger partial charge in [-0.3, -0.25) is 4.98 Å². The molecular formula is C14H19N. The van der Waals surface area contributed by atoms with E-state index in [0.29, 0.717) is 5.92 Å². The quantitative estimate of drug-likeness (QED) is 0.711. The van der Waals surface area contributed by atoms with Gasteiger partial charge >= 0.3 is 0 Å². The van der Waals surface area contributed by atoms with E-state index < -0.39 is 0 Å². The third-order valence-corrected chi connectivity index (χ3v) is 2.31. The van der Waals surface area contributed by atoms with Gasteiger partial charge in [-0.1, -0.05) is 32.1 Å². The molecule has 0 radical (unpaired) electrons. The SMILES string of the molecule is C/C=C\c1cc(C(C)C)cnc1/C=C\C. The summed E-state index contributed by atoms with van der Waals surface area (Å²) in [5.41, 5.74) is 3.53. The number of hydrogen-bond acceptors (Lipinski definition) is 1. The van der Waals surface area contributed by atoms with Gasteiger partial charge in [0, 0.05) is 11.8 Å². The highest BCUT2D eigenvalue weighted by molar-refractivity contribution is 5.62. The molecule has 0 atom stereocenters. The first-order valence-corrected chi connectivity index (χ1v) is 5.44. The van der Waals surface area contributed by atoms with E-state index in [1.165, 1.54) is 11.1 Å². The van der Waals surface area contributed by atoms with Crippen molar-refractivity contribution >= 4 is 12.2 Å². The summed E-state index contributed by atoms with van der Waals surface area (Å²) in [7, 11) is 0. The lowest BCUT2D eigenvalue weighted by Crippen LogP contribution is -1.93. The monoisotopic (exact) mass is 201 g/mol. The van der Waals surface area contributed by atoms with Crippen LogP contribution in [0.1, 0.15) is 50.4 Å². The van der Waals surface area contributed by atoms with E-state index in [-0.39, 0.29) is 0 Å². The van der Waals surface area contributed by atoms with Gasteiger partial charge in [0.05, 0.1) is 5.69 Å². The molecule has 1 aromatic rings. The van der Waals surface area contributed by atoms with Gasteiger partial charge in [0.15, 0.2) is 0 Å². The lowest BCUT2D eigenvalue weighted by atomic mass is 10.0. The normalized spacial score (nSPS) is 12.1. The third kappa shape index (κ3) is 3.05. The lowest BCUT2D eigenvalue weighted by molar-refractivity contribution is 0.857. The number of aromatic nitrogens is 1. The van der Waals surface area contributed by atoms with Crippen molar-refractivity contribution in [3.05, 3.63) is 41.2 Å². The molecule has 1 heterocycles. The first kappa shape index (κ1) is 11.7. The summed E-state index contributed by atoms with van der Waals surface area (Å²) in [6.45, 7) is 8.41. The molecule has 0 N–H and O–H groups in total. The Morgan fingerprint density at radius 1 is 1.13 bits per heavy atom. The molecule has 0 saturated heterocycles. The predicted octanol–water partition coefficient (Wildman–Crippen LogP) is 4.27. The number of rotatable bonds is 3. The summed E-state index contributed by atoms with van der Waals surface area (Å²) < 4.78 is 0. The number of allylic oxidation sites excluding steroid dienone is 2. The van der Waals surface area contributed by atoms with Gasteiger partial charge in [-0.15, -0.1) is 0 Å². The van der Waals surface area contributed by atoms with Crippen LogP contribution in [0.5, 0.6) is 0 Å². The van der Waals surface area contributed by atoms with Crippen molar-refractivity contribution in [2.45, 2.75) is 33.6 Å². The Balaban J connectivity index is 3.20. The van der Waals surface area contributed by atoms with Gasteiger partial charge in [-0.05, 0) is 37.5 Å². The highest BCUT2D eigenvalue weighted by atomic mass is 14.7. The predicted molar refractivity (Wildman–Crippen MR) is 67.7 cm³/mol. The largest absolute Gasteiger partial charge is 0.256 e. The number of pyridine rings is 1. The van der Waals surface area contributed by atoms with E-state index in [2.05, 4.69) is 31.0 Å². The van der Waals surface area contributed by atoms with E-state index in [4.69, 9.17) is 0 Å². The summed E-state index contributed by atoms with van der Waals surface area (Å²) in [4.78, 5) is 4.47. The van der Waals surface area contributed by atoms with E-state index >= 15 is 0 Å². The van der Waals surface area contributed by atoms with Crippen molar-refractivity contribution in [3.8, 4) is 0 Å². The third-order valence-electron chi connectivity index (χ3n) is 2.31. The molecule has 1 nitrogen and oxygen atoms in total. The summed E-state index contributed by atoms with van der Waals surface area (Å²) in [6.07, 6.45) is 10.2. The second-order valence-electron chi connectivity index (χ2n) is 3.90. The van der Waals surface area contributed by atoms with Crippen LogP contribution in [0.15, 0.2) is 24.4 Å². The van der Waals surface area contributed by atoms with Crippen LogP contribution in [0.4, 0.5) is 0 Å². The molecule has 0 amide bonds. The van der Waals surface area contributed by atoms with Crippen molar-refractivity contribution in [1.29, 1.82) is 0 Å². The summed E-state index contributed by atoms with van der Waals surface area (Å²) in [5.74, 6) is 0.529. The first-order chi connectivity index (χ1) is 7.19. The summed E-state index contributed by atoms with van der Waals surface area (Å²) >= 11 is 0. The standard InChI is InChI=1S/C14H19N/c1-5-7-12-9-13(11(3)4)10-15-14(12)8-6-2/h5-11H,1-4H3/b7-5-,8-6-. The van der Waals surface area contributed by atoms with Gasteiger partial charge in [0.2, 0.25) is 0 Å². The van der Waals surface area contributed by atoms with Crippen LogP contribution in [0.3, 0.4) is 0 Å². The molecule has 80 valence electrons. The fourth-order valence-electron chi connectivity index (χ4n) is 1.44. The maximum absolute atomic E-state index is 4.47. The van der Waals surface area contributed by atoms with E-state index in [1.54, 1.807) is 0 Å². The zero-order valence-corrected chi connectivity index (χ0v) is 9.99. The number of nitrogens with zero attached hydrogens (tertiary/aromatic N) is 1. The van der Waals surface area contributed by atoms with Crippen LogP contribution in [0, 0.1) is 0 Å². The highest BCUT2D eigenvalue weighted by Gasteiger charge is 2.03. The molecule has 0 bridgehead atoms. The molecule has 0 aliphatic heterocycles. The summed E-state index contributed by atoms with van der Waals surface area (Å²) in [5, 5.41) is 0. The van der Waals surface area contributed by atoms with Crippen LogP contribution in [-0.2, 0) is 0 Å². The van der Waals surface area contributed by atoms with Crippen LogP contribution in [0.25, 0.3) is 12.2 Å². The van der Waals surface area contributed by atoms with E-state index in [9.17, 15) is 0 Å². The van der Waals surface area contributed by atoms with Crippen molar-refractivity contribution in [2.75, 3.05) is 0 Å². The average Bonchev–Trinajstić information content (AvgIpc) is 2.21. The van der Waals surface area contributed by atoms with Gasteiger partial charge < -0.3 is 0 Å². The molecule has 1 heteroatoms. The van der Waals surface area contributed by atoms with Gasteiger partial charge in [-0.2, -0.15) is 0 Å². The smallest absolute Gasteiger partial charge is 0.0698 e. The molecule has 1 aromatic heterocycles. The van der Waals surface area contributed by atoms with Gasteiger partial charge in [0.25, 0.3) is 0 Å². The van der Waals surface area contributed by atoms with Crippen LogP contribution < -0.4 is 0 Å². The molecule has 0 fully saturated rings. The second kappa shape index (κ2) is 5.50. The second-order valence-corrected chi connectivity index (χ2v) is 3.90. The summed E-state index contributed by atoms with van der Waals surface area (Å²) in [6, 6.07) is 2.22. The molecule has 0 aromatic carbocycles. The maximum atomic E-state index is 4.47. The Morgan fingerprint density at radius 2 is 1.80 bits per heavy atom. The molecular weight excluding hydrogens is 182 g/mol. The Morgan fingerprint density at radius 3 is 2.33 bits per heavy atom. The average molecular weight is 201 g/mol. The fraction of sp³-hybridized carbons (Fsp3) is 0.357. The zero-order chi connectivity index (χ0) is 11.3. The molecule has 15 heavy (non-hydrogen) atoms. The van der Waals surface area contributed by atoms with Crippen LogP contribution >= 0.6 is 0 Å². The van der Waals surface area contributed by atoms with E-state index in [0.717, 1.165) is 5.69 Å². The van der Waals surface area contributed by atoms with Crippen LogP contribution in [0.2, 0.25) is 0 Å². The van der Waals surface area contributed by atoms with Crippen molar-refractivity contribution in [3.63, 3.8) is 0 Å². The fourth-order valence-corrected chi connectivity index (χ4v) is 1.44. The Kier molecular flexibility index (Phi) is 4.29. The Labute approximate surface area is 92.6 Å². The maximum Gasteiger partial charge on any atom is 0.0698 e. The minimum atomic E-state index is 0.529. The highest BCUT2D eigenvalue weighted by Crippen LogP contribution is 2.18. The van der Waals surface area contributed by atoms with Gasteiger partial charge in [-0.25, -0.2) is 0 Å². The lowest BCUT2D eigenvalue weighted by Gasteiger charge is -2.07. The minimum absolute atomic E-state index is 0.529. The van der Waals surface area contributed by atoms with E-state index in [1.807, 2.05) is 38.3 Å². The molecule has 0 saturated carbocycles. The van der Waals surface area contributed by atoms with Gasteiger partial charge in [0.1, 0.15) is 0 Å². The van der Waals surface area contributed by atoms with Crippen molar-refractivity contribution in [1.82, 2.24) is 4.98 Å². The zero-order valence-electron chi connectivity index (χ0n) is 9.99. The van der Waals surface area contributed by atoms with Crippen molar-refractivity contribution in [2.24, 2.45) is 0 Å². The topological polar surface area (TPSA) is 12.9 Å².